The predicted molar refractivity (Wildman–Crippen MR) is 124 cm³/mol. The zero-order valence-electron chi connectivity index (χ0n) is 17.3. The van der Waals surface area contributed by atoms with Crippen molar-refractivity contribution in [1.82, 2.24) is 19.8 Å². The van der Waals surface area contributed by atoms with Crippen molar-refractivity contribution in [3.8, 4) is 11.5 Å². The molecule has 0 radical (unpaired) electrons. The lowest BCUT2D eigenvalue weighted by atomic mass is 10.2. The maximum atomic E-state index is 12.4. The number of ether oxygens (including phenoxy) is 1. The van der Waals surface area contributed by atoms with Gasteiger partial charge in [0.1, 0.15) is 17.2 Å². The summed E-state index contributed by atoms with van der Waals surface area (Å²) in [5.41, 5.74) is 1.04. The molecule has 1 N–H and O–H groups in total. The minimum atomic E-state index is -0.132. The van der Waals surface area contributed by atoms with Gasteiger partial charge in [-0.1, -0.05) is 15.9 Å². The molecule has 0 spiro atoms. The van der Waals surface area contributed by atoms with Crippen LogP contribution in [0.3, 0.4) is 0 Å². The molecule has 0 saturated carbocycles. The molecular weight excluding hydrogens is 474 g/mol. The number of rotatable bonds is 6. The van der Waals surface area contributed by atoms with E-state index < -0.39 is 0 Å². The summed E-state index contributed by atoms with van der Waals surface area (Å²) in [6.07, 6.45) is 4.51. The third-order valence-corrected chi connectivity index (χ3v) is 5.53. The van der Waals surface area contributed by atoms with Crippen molar-refractivity contribution in [3.05, 3.63) is 77.3 Å². The molecule has 3 aromatic rings. The van der Waals surface area contributed by atoms with E-state index in [1.165, 1.54) is 18.6 Å². The number of nitrogens with zero attached hydrogens (tertiary/aromatic N) is 4. The fraction of sp³-hybridized carbons (Fsp3) is 0.217. The van der Waals surface area contributed by atoms with Crippen LogP contribution < -0.4 is 10.1 Å². The fourth-order valence-corrected chi connectivity index (χ4v) is 3.59. The predicted octanol–water partition coefficient (Wildman–Crippen LogP) is 3.43. The number of carbonyl (C=O) groups is 2. The summed E-state index contributed by atoms with van der Waals surface area (Å²) in [6, 6.07) is 14.8. The number of amides is 2. The number of hydrogen-bond acceptors (Lipinski definition) is 6. The summed E-state index contributed by atoms with van der Waals surface area (Å²) < 4.78 is 6.78. The third kappa shape index (κ3) is 5.89. The zero-order chi connectivity index (χ0) is 22.3. The van der Waals surface area contributed by atoms with Crippen LogP contribution in [0.2, 0.25) is 0 Å². The molecule has 1 fully saturated rings. The molecule has 0 aliphatic carbocycles. The largest absolute Gasteiger partial charge is 0.457 e. The van der Waals surface area contributed by atoms with Crippen molar-refractivity contribution in [3.63, 3.8) is 0 Å². The van der Waals surface area contributed by atoms with Gasteiger partial charge in [0, 0.05) is 48.7 Å². The van der Waals surface area contributed by atoms with Gasteiger partial charge in [-0.2, -0.15) is 0 Å². The number of piperazine rings is 1. The third-order valence-electron chi connectivity index (χ3n) is 5.00. The fourth-order valence-electron chi connectivity index (χ4n) is 3.33. The van der Waals surface area contributed by atoms with E-state index in [2.05, 4.69) is 31.2 Å². The Morgan fingerprint density at radius 3 is 2.22 bits per heavy atom. The van der Waals surface area contributed by atoms with Crippen molar-refractivity contribution in [2.24, 2.45) is 0 Å². The Morgan fingerprint density at radius 2 is 1.59 bits per heavy atom. The number of halogens is 1. The van der Waals surface area contributed by atoms with Crippen molar-refractivity contribution in [2.45, 2.75) is 0 Å². The first kappa shape index (κ1) is 21.9. The van der Waals surface area contributed by atoms with Crippen molar-refractivity contribution in [1.29, 1.82) is 0 Å². The molecule has 164 valence electrons. The first-order valence-electron chi connectivity index (χ1n) is 10.2. The van der Waals surface area contributed by atoms with Crippen LogP contribution in [0, 0.1) is 0 Å². The van der Waals surface area contributed by atoms with E-state index in [0.717, 1.165) is 10.2 Å². The lowest BCUT2D eigenvalue weighted by Gasteiger charge is -2.34. The normalized spacial score (nSPS) is 14.1. The van der Waals surface area contributed by atoms with Gasteiger partial charge in [-0.15, -0.1) is 0 Å². The van der Waals surface area contributed by atoms with Crippen LogP contribution in [0.4, 0.5) is 5.69 Å². The Balaban J connectivity index is 1.23. The van der Waals surface area contributed by atoms with E-state index in [1.54, 1.807) is 4.90 Å². The monoisotopic (exact) mass is 495 g/mol. The quantitative estimate of drug-likeness (QED) is 0.563. The van der Waals surface area contributed by atoms with Gasteiger partial charge in [-0.05, 0) is 48.5 Å². The molecule has 9 heteroatoms. The van der Waals surface area contributed by atoms with Gasteiger partial charge in [0.15, 0.2) is 0 Å². The SMILES string of the molecule is O=C(CN1CCN(C(=O)c2cnccn2)CC1)Nc1ccc(Oc2ccc(Br)cc2)cc1. The molecule has 1 aliphatic rings. The average Bonchev–Trinajstić information content (AvgIpc) is 2.82. The van der Waals surface area contributed by atoms with Crippen LogP contribution in [-0.4, -0.2) is 64.3 Å². The molecule has 32 heavy (non-hydrogen) atoms. The summed E-state index contributed by atoms with van der Waals surface area (Å²) in [5.74, 6) is 1.20. The Morgan fingerprint density at radius 1 is 0.938 bits per heavy atom. The maximum Gasteiger partial charge on any atom is 0.274 e. The highest BCUT2D eigenvalue weighted by Crippen LogP contribution is 2.24. The van der Waals surface area contributed by atoms with Crippen LogP contribution in [-0.2, 0) is 4.79 Å². The Hall–Kier alpha value is -3.30. The highest BCUT2D eigenvalue weighted by molar-refractivity contribution is 9.10. The molecule has 4 rings (SSSR count). The summed E-state index contributed by atoms with van der Waals surface area (Å²) in [4.78, 5) is 36.6. The van der Waals surface area contributed by atoms with Gasteiger partial charge in [-0.25, -0.2) is 4.98 Å². The van der Waals surface area contributed by atoms with Crippen LogP contribution in [0.1, 0.15) is 10.5 Å². The Kier molecular flexibility index (Phi) is 7.08. The number of nitrogens with one attached hydrogen (secondary N) is 1. The number of anilines is 1. The van der Waals surface area contributed by atoms with E-state index in [4.69, 9.17) is 4.74 Å². The second kappa shape index (κ2) is 10.3. The molecule has 0 atom stereocenters. The minimum Gasteiger partial charge on any atom is -0.457 e. The van der Waals surface area contributed by atoms with E-state index in [-0.39, 0.29) is 18.4 Å². The maximum absolute atomic E-state index is 12.4. The molecule has 1 saturated heterocycles. The van der Waals surface area contributed by atoms with Crippen LogP contribution in [0.25, 0.3) is 0 Å². The first-order chi connectivity index (χ1) is 15.6. The zero-order valence-corrected chi connectivity index (χ0v) is 18.9. The van der Waals surface area contributed by atoms with Crippen molar-refractivity contribution < 1.29 is 14.3 Å². The lowest BCUT2D eigenvalue weighted by Crippen LogP contribution is -2.50. The van der Waals surface area contributed by atoms with Crippen LogP contribution in [0.15, 0.2) is 71.6 Å². The Bertz CT molecular complexity index is 1050. The van der Waals surface area contributed by atoms with E-state index in [0.29, 0.717) is 43.3 Å². The number of aromatic nitrogens is 2. The molecule has 8 nitrogen and oxygen atoms in total. The molecular formula is C23H22BrN5O3. The summed E-state index contributed by atoms with van der Waals surface area (Å²) in [7, 11) is 0. The van der Waals surface area contributed by atoms with Gasteiger partial charge in [0.25, 0.3) is 5.91 Å². The van der Waals surface area contributed by atoms with Crippen LogP contribution >= 0.6 is 15.9 Å². The number of hydrogen-bond donors (Lipinski definition) is 1. The summed E-state index contributed by atoms with van der Waals surface area (Å²) >= 11 is 3.40. The van der Waals surface area contributed by atoms with Crippen molar-refractivity contribution in [2.75, 3.05) is 38.0 Å². The summed E-state index contributed by atoms with van der Waals surface area (Å²) in [6.45, 7) is 2.61. The Labute approximate surface area is 194 Å². The average molecular weight is 496 g/mol. The molecule has 2 aromatic carbocycles. The highest BCUT2D eigenvalue weighted by atomic mass is 79.9. The molecule has 1 aliphatic heterocycles. The topological polar surface area (TPSA) is 87.7 Å². The molecule has 0 bridgehead atoms. The second-order valence-corrected chi connectivity index (χ2v) is 8.20. The van der Waals surface area contributed by atoms with Gasteiger partial charge in [0.2, 0.25) is 5.91 Å². The lowest BCUT2D eigenvalue weighted by molar-refractivity contribution is -0.117. The van der Waals surface area contributed by atoms with Gasteiger partial charge in [-0.3, -0.25) is 19.5 Å². The molecule has 2 heterocycles. The van der Waals surface area contributed by atoms with Gasteiger partial charge >= 0.3 is 0 Å². The number of benzene rings is 2. The molecule has 1 aromatic heterocycles. The first-order valence-corrected chi connectivity index (χ1v) is 11.0. The minimum absolute atomic E-state index is 0.0970. The van der Waals surface area contributed by atoms with Gasteiger partial charge in [0.05, 0.1) is 12.7 Å². The van der Waals surface area contributed by atoms with E-state index >= 15 is 0 Å². The van der Waals surface area contributed by atoms with Gasteiger partial charge < -0.3 is 15.0 Å². The standard InChI is InChI=1S/C23H22BrN5O3/c24-17-1-5-19(6-2-17)32-20-7-3-18(4-8-20)27-22(30)16-28-11-13-29(14-12-28)23(31)21-15-25-9-10-26-21/h1-10,15H,11-14,16H2,(H,27,30). The smallest absolute Gasteiger partial charge is 0.274 e. The van der Waals surface area contributed by atoms with E-state index in [9.17, 15) is 9.59 Å². The molecule has 0 unspecified atom stereocenters. The van der Waals surface area contributed by atoms with E-state index in [1.807, 2.05) is 53.4 Å². The van der Waals surface area contributed by atoms with Crippen LogP contribution in [0.5, 0.6) is 11.5 Å². The number of carbonyl (C=O) groups excluding carboxylic acids is 2. The summed E-state index contributed by atoms with van der Waals surface area (Å²) in [5, 5.41) is 2.91. The second-order valence-electron chi connectivity index (χ2n) is 7.29. The van der Waals surface area contributed by atoms with Crippen molar-refractivity contribution >= 4 is 33.4 Å². The highest BCUT2D eigenvalue weighted by Gasteiger charge is 2.24. The molecule has 2 amide bonds.